The first kappa shape index (κ1) is 11.4. The van der Waals surface area contributed by atoms with Gasteiger partial charge in [0.25, 0.3) is 0 Å². The normalized spacial score (nSPS) is 12.1. The zero-order valence-electron chi connectivity index (χ0n) is 9.97. The van der Waals surface area contributed by atoms with Crippen LogP contribution in [0.15, 0.2) is 30.7 Å². The minimum atomic E-state index is 0.128. The molecule has 0 saturated carbocycles. The van der Waals surface area contributed by atoms with Gasteiger partial charge in [-0.15, -0.1) is 0 Å². The van der Waals surface area contributed by atoms with Gasteiger partial charge >= 0.3 is 0 Å². The summed E-state index contributed by atoms with van der Waals surface area (Å²) in [5.74, 6) is 1.52. The van der Waals surface area contributed by atoms with Crippen LogP contribution in [0.25, 0.3) is 0 Å². The number of nitrogens with zero attached hydrogens (tertiary/aromatic N) is 2. The van der Waals surface area contributed by atoms with E-state index in [0.717, 1.165) is 17.1 Å². The third kappa shape index (κ3) is 2.75. The molecule has 90 valence electrons. The molecular weight excluding hydrogens is 216 g/mol. The van der Waals surface area contributed by atoms with E-state index < -0.39 is 0 Å². The number of rotatable bonds is 5. The summed E-state index contributed by atoms with van der Waals surface area (Å²) in [7, 11) is 0. The molecular formula is C12H16N4O. The predicted molar refractivity (Wildman–Crippen MR) is 66.0 cm³/mol. The largest absolute Gasteiger partial charge is 0.490 e. The van der Waals surface area contributed by atoms with Gasteiger partial charge < -0.3 is 10.1 Å². The van der Waals surface area contributed by atoms with Crippen molar-refractivity contribution in [3.05, 3.63) is 36.3 Å². The molecule has 0 fully saturated rings. The molecule has 0 amide bonds. The highest BCUT2D eigenvalue weighted by atomic mass is 16.5. The molecule has 17 heavy (non-hydrogen) atoms. The molecule has 0 bridgehead atoms. The first-order valence-corrected chi connectivity index (χ1v) is 5.64. The van der Waals surface area contributed by atoms with Gasteiger partial charge in [-0.2, -0.15) is 5.10 Å². The van der Waals surface area contributed by atoms with E-state index in [1.807, 2.05) is 25.3 Å². The molecule has 0 aromatic carbocycles. The van der Waals surface area contributed by atoms with Crippen LogP contribution in [0, 0.1) is 0 Å². The van der Waals surface area contributed by atoms with Gasteiger partial charge in [0.1, 0.15) is 0 Å². The Morgan fingerprint density at radius 2 is 2.41 bits per heavy atom. The number of anilines is 1. The van der Waals surface area contributed by atoms with Crippen LogP contribution in [-0.4, -0.2) is 21.8 Å². The number of aromatic amines is 1. The molecule has 0 aliphatic rings. The molecule has 2 aromatic heterocycles. The molecule has 0 spiro atoms. The van der Waals surface area contributed by atoms with Gasteiger partial charge in [0, 0.05) is 18.0 Å². The van der Waals surface area contributed by atoms with E-state index in [4.69, 9.17) is 4.74 Å². The van der Waals surface area contributed by atoms with Gasteiger partial charge in [-0.1, -0.05) is 0 Å². The Kier molecular flexibility index (Phi) is 3.59. The van der Waals surface area contributed by atoms with E-state index in [-0.39, 0.29) is 6.04 Å². The van der Waals surface area contributed by atoms with Crippen molar-refractivity contribution >= 4 is 5.82 Å². The Balaban J connectivity index is 2.12. The standard InChI is InChI=1S/C12H16N4O/c1-3-17-11-5-4-6-13-12(11)16-9(2)10-7-14-15-8-10/h4-9H,3H2,1-2H3,(H,13,16)(H,14,15). The van der Waals surface area contributed by atoms with Crippen LogP contribution in [0.1, 0.15) is 25.5 Å². The van der Waals surface area contributed by atoms with Crippen LogP contribution in [-0.2, 0) is 0 Å². The lowest BCUT2D eigenvalue weighted by molar-refractivity contribution is 0.340. The molecule has 2 aromatic rings. The quantitative estimate of drug-likeness (QED) is 0.830. The summed E-state index contributed by atoms with van der Waals surface area (Å²) in [6.45, 7) is 4.63. The minimum Gasteiger partial charge on any atom is -0.490 e. The molecule has 0 aliphatic carbocycles. The zero-order valence-corrected chi connectivity index (χ0v) is 9.97. The fourth-order valence-electron chi connectivity index (χ4n) is 1.56. The molecule has 0 radical (unpaired) electrons. The Bertz CT molecular complexity index is 455. The number of H-pyrrole nitrogens is 1. The lowest BCUT2D eigenvalue weighted by atomic mass is 10.2. The van der Waals surface area contributed by atoms with Gasteiger partial charge in [0.2, 0.25) is 0 Å². The molecule has 2 N–H and O–H groups in total. The van der Waals surface area contributed by atoms with Crippen molar-refractivity contribution in [1.29, 1.82) is 0 Å². The van der Waals surface area contributed by atoms with Crippen LogP contribution < -0.4 is 10.1 Å². The molecule has 5 nitrogen and oxygen atoms in total. The summed E-state index contributed by atoms with van der Waals surface area (Å²) in [6.07, 6.45) is 5.40. The van der Waals surface area contributed by atoms with E-state index >= 15 is 0 Å². The van der Waals surface area contributed by atoms with Crippen molar-refractivity contribution in [1.82, 2.24) is 15.2 Å². The van der Waals surface area contributed by atoms with Crippen LogP contribution >= 0.6 is 0 Å². The Hall–Kier alpha value is -2.04. The third-order valence-corrected chi connectivity index (χ3v) is 2.44. The average molecular weight is 232 g/mol. The summed E-state index contributed by atoms with van der Waals surface area (Å²) >= 11 is 0. The van der Waals surface area contributed by atoms with Crippen molar-refractivity contribution in [2.45, 2.75) is 19.9 Å². The van der Waals surface area contributed by atoms with Crippen molar-refractivity contribution in [3.63, 3.8) is 0 Å². The maximum absolute atomic E-state index is 5.51. The van der Waals surface area contributed by atoms with Gasteiger partial charge in [0.05, 0.1) is 18.8 Å². The fourth-order valence-corrected chi connectivity index (χ4v) is 1.56. The van der Waals surface area contributed by atoms with Crippen molar-refractivity contribution in [3.8, 4) is 5.75 Å². The third-order valence-electron chi connectivity index (χ3n) is 2.44. The van der Waals surface area contributed by atoms with Gasteiger partial charge in [-0.25, -0.2) is 4.98 Å². The lowest BCUT2D eigenvalue weighted by Crippen LogP contribution is -2.08. The van der Waals surface area contributed by atoms with E-state index in [2.05, 4.69) is 27.4 Å². The zero-order chi connectivity index (χ0) is 12.1. The fraction of sp³-hybridized carbons (Fsp3) is 0.333. The van der Waals surface area contributed by atoms with Gasteiger partial charge in [-0.05, 0) is 26.0 Å². The van der Waals surface area contributed by atoms with Crippen LogP contribution in [0.4, 0.5) is 5.82 Å². The second-order valence-corrected chi connectivity index (χ2v) is 3.68. The number of ether oxygens (including phenoxy) is 1. The molecule has 1 unspecified atom stereocenters. The van der Waals surface area contributed by atoms with Gasteiger partial charge in [0.15, 0.2) is 11.6 Å². The number of pyridine rings is 1. The maximum atomic E-state index is 5.51. The van der Waals surface area contributed by atoms with E-state index in [9.17, 15) is 0 Å². The number of aromatic nitrogens is 3. The first-order chi connectivity index (χ1) is 8.31. The first-order valence-electron chi connectivity index (χ1n) is 5.64. The van der Waals surface area contributed by atoms with E-state index in [1.54, 1.807) is 12.4 Å². The van der Waals surface area contributed by atoms with Crippen molar-refractivity contribution in [2.24, 2.45) is 0 Å². The number of nitrogens with one attached hydrogen (secondary N) is 2. The summed E-state index contributed by atoms with van der Waals surface area (Å²) in [6, 6.07) is 3.89. The second kappa shape index (κ2) is 5.34. The molecule has 1 atom stereocenters. The van der Waals surface area contributed by atoms with Crippen molar-refractivity contribution < 1.29 is 4.74 Å². The monoisotopic (exact) mass is 232 g/mol. The highest BCUT2D eigenvalue weighted by molar-refractivity contribution is 5.50. The van der Waals surface area contributed by atoms with Crippen LogP contribution in [0.3, 0.4) is 0 Å². The van der Waals surface area contributed by atoms with Gasteiger partial charge in [-0.3, -0.25) is 5.10 Å². The maximum Gasteiger partial charge on any atom is 0.169 e. The van der Waals surface area contributed by atoms with Crippen LogP contribution in [0.5, 0.6) is 5.75 Å². The smallest absolute Gasteiger partial charge is 0.169 e. The van der Waals surface area contributed by atoms with Crippen LogP contribution in [0.2, 0.25) is 0 Å². The summed E-state index contributed by atoms with van der Waals surface area (Å²) in [4.78, 5) is 4.28. The molecule has 2 heterocycles. The van der Waals surface area contributed by atoms with Crippen molar-refractivity contribution in [2.75, 3.05) is 11.9 Å². The minimum absolute atomic E-state index is 0.128. The SMILES string of the molecule is CCOc1cccnc1NC(C)c1cn[nH]c1. The predicted octanol–water partition coefficient (Wildman–Crippen LogP) is 2.38. The Morgan fingerprint density at radius 3 is 3.12 bits per heavy atom. The lowest BCUT2D eigenvalue weighted by Gasteiger charge is -2.15. The molecule has 0 aliphatic heterocycles. The highest BCUT2D eigenvalue weighted by Gasteiger charge is 2.10. The summed E-state index contributed by atoms with van der Waals surface area (Å²) in [5, 5.41) is 10.0. The molecule has 5 heteroatoms. The topological polar surface area (TPSA) is 62.8 Å². The molecule has 0 saturated heterocycles. The number of hydrogen-bond acceptors (Lipinski definition) is 4. The second-order valence-electron chi connectivity index (χ2n) is 3.68. The molecule has 2 rings (SSSR count). The highest BCUT2D eigenvalue weighted by Crippen LogP contribution is 2.25. The van der Waals surface area contributed by atoms with E-state index in [1.165, 1.54) is 0 Å². The number of hydrogen-bond donors (Lipinski definition) is 2. The van der Waals surface area contributed by atoms with E-state index in [0.29, 0.717) is 6.61 Å². The Morgan fingerprint density at radius 1 is 1.53 bits per heavy atom. The summed E-state index contributed by atoms with van der Waals surface area (Å²) in [5.41, 5.74) is 1.08. The Labute approximate surface area is 100 Å². The summed E-state index contributed by atoms with van der Waals surface area (Å²) < 4.78 is 5.51. The average Bonchev–Trinajstić information content (AvgIpc) is 2.85.